The third kappa shape index (κ3) is 2.93. The SMILES string of the molecule is O=C1CN(C(=O)c2ccc(N3CCC(F)C3)nc2)c2ccccc2N1. The quantitative estimate of drug-likeness (QED) is 0.910. The number of nitrogens with one attached hydrogen (secondary N) is 1. The van der Waals surface area contributed by atoms with E-state index in [9.17, 15) is 14.0 Å². The minimum atomic E-state index is -0.827. The Bertz CT molecular complexity index is 824. The molecule has 25 heavy (non-hydrogen) atoms. The number of benzene rings is 1. The number of pyridine rings is 1. The Labute approximate surface area is 144 Å². The molecule has 1 N–H and O–H groups in total. The topological polar surface area (TPSA) is 65.5 Å². The lowest BCUT2D eigenvalue weighted by Gasteiger charge is -2.29. The Morgan fingerprint density at radius 1 is 1.24 bits per heavy atom. The summed E-state index contributed by atoms with van der Waals surface area (Å²) in [5.74, 6) is 0.141. The number of amides is 2. The Kier molecular flexibility index (Phi) is 3.83. The van der Waals surface area contributed by atoms with Gasteiger partial charge < -0.3 is 10.2 Å². The molecule has 0 aliphatic carbocycles. The summed E-state index contributed by atoms with van der Waals surface area (Å²) < 4.78 is 13.3. The molecule has 1 aromatic heterocycles. The Morgan fingerprint density at radius 3 is 2.80 bits per heavy atom. The molecule has 0 radical (unpaired) electrons. The second-order valence-corrected chi connectivity index (χ2v) is 6.19. The highest BCUT2D eigenvalue weighted by molar-refractivity contribution is 6.15. The van der Waals surface area contributed by atoms with Gasteiger partial charge in [0, 0.05) is 12.7 Å². The molecule has 1 unspecified atom stereocenters. The van der Waals surface area contributed by atoms with Gasteiger partial charge in [0.1, 0.15) is 18.5 Å². The largest absolute Gasteiger partial charge is 0.354 e. The zero-order valence-electron chi connectivity index (χ0n) is 13.5. The van der Waals surface area contributed by atoms with E-state index in [0.29, 0.717) is 42.3 Å². The van der Waals surface area contributed by atoms with E-state index in [1.807, 2.05) is 11.0 Å². The Balaban J connectivity index is 1.58. The van der Waals surface area contributed by atoms with E-state index in [1.165, 1.54) is 11.1 Å². The highest BCUT2D eigenvalue weighted by Crippen LogP contribution is 2.30. The number of carbonyl (C=O) groups excluding carboxylic acids is 2. The van der Waals surface area contributed by atoms with Crippen LogP contribution in [0.3, 0.4) is 0 Å². The molecular weight excluding hydrogens is 323 g/mol. The van der Waals surface area contributed by atoms with Crippen LogP contribution in [0.2, 0.25) is 0 Å². The van der Waals surface area contributed by atoms with Crippen LogP contribution < -0.4 is 15.1 Å². The maximum absolute atomic E-state index is 13.3. The van der Waals surface area contributed by atoms with Crippen LogP contribution in [0.4, 0.5) is 21.6 Å². The van der Waals surface area contributed by atoms with Gasteiger partial charge in [-0.15, -0.1) is 0 Å². The van der Waals surface area contributed by atoms with Crippen molar-refractivity contribution >= 4 is 29.0 Å². The standard InChI is InChI=1S/C18H17FN4O2/c19-13-7-8-22(10-13)16-6-5-12(9-20-16)18(25)23-11-17(24)21-14-3-1-2-4-15(14)23/h1-6,9,13H,7-8,10-11H2,(H,21,24). The summed E-state index contributed by atoms with van der Waals surface area (Å²) in [6.45, 7) is 0.925. The fourth-order valence-electron chi connectivity index (χ4n) is 3.20. The first-order valence-electron chi connectivity index (χ1n) is 8.17. The normalized spacial score (nSPS) is 19.6. The van der Waals surface area contributed by atoms with Crippen molar-refractivity contribution < 1.29 is 14.0 Å². The monoisotopic (exact) mass is 340 g/mol. The lowest BCUT2D eigenvalue weighted by molar-refractivity contribution is -0.115. The number of alkyl halides is 1. The third-order valence-electron chi connectivity index (χ3n) is 4.47. The minimum absolute atomic E-state index is 0.0345. The van der Waals surface area contributed by atoms with Gasteiger partial charge in [0.15, 0.2) is 0 Å². The van der Waals surface area contributed by atoms with Crippen molar-refractivity contribution in [3.63, 3.8) is 0 Å². The van der Waals surface area contributed by atoms with E-state index in [1.54, 1.807) is 30.3 Å². The number of para-hydroxylation sites is 2. The summed E-state index contributed by atoms with van der Waals surface area (Å²) in [5.41, 5.74) is 1.67. The van der Waals surface area contributed by atoms with Gasteiger partial charge in [-0.3, -0.25) is 14.5 Å². The van der Waals surface area contributed by atoms with E-state index in [2.05, 4.69) is 10.3 Å². The minimum Gasteiger partial charge on any atom is -0.354 e. The molecule has 0 bridgehead atoms. The second-order valence-electron chi connectivity index (χ2n) is 6.19. The zero-order valence-corrected chi connectivity index (χ0v) is 13.5. The summed E-state index contributed by atoms with van der Waals surface area (Å²) >= 11 is 0. The van der Waals surface area contributed by atoms with Crippen LogP contribution in [0, 0.1) is 0 Å². The van der Waals surface area contributed by atoms with Gasteiger partial charge in [0.05, 0.1) is 23.5 Å². The van der Waals surface area contributed by atoms with Gasteiger partial charge in [0.25, 0.3) is 5.91 Å². The first kappa shape index (κ1) is 15.6. The molecule has 2 aliphatic heterocycles. The van der Waals surface area contributed by atoms with Crippen LogP contribution in [-0.2, 0) is 4.79 Å². The van der Waals surface area contributed by atoms with Crippen LogP contribution in [-0.4, -0.2) is 42.6 Å². The van der Waals surface area contributed by atoms with E-state index < -0.39 is 6.17 Å². The third-order valence-corrected chi connectivity index (χ3v) is 4.47. The van der Waals surface area contributed by atoms with Gasteiger partial charge >= 0.3 is 0 Å². The van der Waals surface area contributed by atoms with Crippen LogP contribution in [0.1, 0.15) is 16.8 Å². The van der Waals surface area contributed by atoms with E-state index in [-0.39, 0.29) is 18.4 Å². The molecule has 1 aromatic carbocycles. The molecule has 7 heteroatoms. The number of aromatic nitrogens is 1. The molecule has 128 valence electrons. The molecule has 0 saturated carbocycles. The molecule has 1 atom stereocenters. The van der Waals surface area contributed by atoms with Gasteiger partial charge in [-0.05, 0) is 30.7 Å². The average Bonchev–Trinajstić information content (AvgIpc) is 3.07. The van der Waals surface area contributed by atoms with Crippen molar-refractivity contribution in [2.75, 3.05) is 34.8 Å². The summed E-state index contributed by atoms with van der Waals surface area (Å²) in [6.07, 6.45) is 1.16. The molecule has 3 heterocycles. The highest BCUT2D eigenvalue weighted by Gasteiger charge is 2.28. The highest BCUT2D eigenvalue weighted by atomic mass is 19.1. The first-order chi connectivity index (χ1) is 12.1. The Hall–Kier alpha value is -2.96. The summed E-state index contributed by atoms with van der Waals surface area (Å²) in [4.78, 5) is 32.3. The Morgan fingerprint density at radius 2 is 2.08 bits per heavy atom. The van der Waals surface area contributed by atoms with E-state index in [4.69, 9.17) is 0 Å². The van der Waals surface area contributed by atoms with Crippen molar-refractivity contribution in [2.45, 2.75) is 12.6 Å². The molecular formula is C18H17FN4O2. The maximum Gasteiger partial charge on any atom is 0.260 e. The molecule has 2 aromatic rings. The van der Waals surface area contributed by atoms with Crippen molar-refractivity contribution in [2.24, 2.45) is 0 Å². The lowest BCUT2D eigenvalue weighted by Crippen LogP contribution is -2.42. The number of hydrogen-bond donors (Lipinski definition) is 1. The van der Waals surface area contributed by atoms with E-state index >= 15 is 0 Å². The average molecular weight is 340 g/mol. The van der Waals surface area contributed by atoms with Crippen molar-refractivity contribution in [1.29, 1.82) is 0 Å². The predicted molar refractivity (Wildman–Crippen MR) is 92.7 cm³/mol. The van der Waals surface area contributed by atoms with Crippen LogP contribution in [0.25, 0.3) is 0 Å². The number of anilines is 3. The number of rotatable bonds is 2. The number of carbonyl (C=O) groups is 2. The van der Waals surface area contributed by atoms with Crippen LogP contribution >= 0.6 is 0 Å². The van der Waals surface area contributed by atoms with Crippen LogP contribution in [0.15, 0.2) is 42.6 Å². The van der Waals surface area contributed by atoms with Crippen LogP contribution in [0.5, 0.6) is 0 Å². The van der Waals surface area contributed by atoms with Crippen molar-refractivity contribution in [3.8, 4) is 0 Å². The van der Waals surface area contributed by atoms with Gasteiger partial charge in [-0.25, -0.2) is 9.37 Å². The number of hydrogen-bond acceptors (Lipinski definition) is 4. The lowest BCUT2D eigenvalue weighted by atomic mass is 10.1. The fraction of sp³-hybridized carbons (Fsp3) is 0.278. The molecule has 1 saturated heterocycles. The number of nitrogens with zero attached hydrogens (tertiary/aromatic N) is 3. The predicted octanol–water partition coefficient (Wildman–Crippen LogP) is 2.23. The van der Waals surface area contributed by atoms with Crippen molar-refractivity contribution in [3.05, 3.63) is 48.2 Å². The molecule has 4 rings (SSSR count). The smallest absolute Gasteiger partial charge is 0.260 e. The number of halogens is 1. The maximum atomic E-state index is 13.3. The summed E-state index contributed by atoms with van der Waals surface area (Å²) in [6, 6.07) is 10.6. The van der Waals surface area contributed by atoms with Gasteiger partial charge in [-0.1, -0.05) is 12.1 Å². The van der Waals surface area contributed by atoms with Gasteiger partial charge in [0.2, 0.25) is 5.91 Å². The van der Waals surface area contributed by atoms with Crippen molar-refractivity contribution in [1.82, 2.24) is 4.98 Å². The summed E-state index contributed by atoms with van der Waals surface area (Å²) in [5, 5.41) is 2.76. The second kappa shape index (κ2) is 6.16. The van der Waals surface area contributed by atoms with Gasteiger partial charge in [-0.2, -0.15) is 0 Å². The molecule has 2 aliphatic rings. The zero-order chi connectivity index (χ0) is 17.4. The first-order valence-corrected chi connectivity index (χ1v) is 8.17. The molecule has 2 amide bonds. The summed E-state index contributed by atoms with van der Waals surface area (Å²) in [7, 11) is 0. The molecule has 0 spiro atoms. The number of fused-ring (bicyclic) bond motifs is 1. The molecule has 6 nitrogen and oxygen atoms in total. The fourth-order valence-corrected chi connectivity index (χ4v) is 3.20. The molecule has 1 fully saturated rings. The van der Waals surface area contributed by atoms with E-state index in [0.717, 1.165) is 0 Å².